The van der Waals surface area contributed by atoms with Crippen LogP contribution in [0.5, 0.6) is 5.75 Å². The summed E-state index contributed by atoms with van der Waals surface area (Å²) < 4.78 is 79.4. The van der Waals surface area contributed by atoms with E-state index < -0.39 is 38.7 Å². The number of carbonyl (C=O) groups excluding carboxylic acids is 1. The van der Waals surface area contributed by atoms with Crippen LogP contribution in [0.25, 0.3) is 11.6 Å². The number of fused-ring (bicyclic) bond motifs is 1. The third-order valence-corrected chi connectivity index (χ3v) is 8.29. The first-order valence-corrected chi connectivity index (χ1v) is 13.7. The maximum atomic E-state index is 13.8. The number of sulfonamides is 1. The molecule has 0 saturated carbocycles. The Hall–Kier alpha value is -3.79. The Kier molecular flexibility index (Phi) is 8.06. The van der Waals surface area contributed by atoms with Gasteiger partial charge in [0.2, 0.25) is 0 Å². The minimum Gasteiger partial charge on any atom is -0.486 e. The van der Waals surface area contributed by atoms with Gasteiger partial charge in [0.1, 0.15) is 11.9 Å². The molecule has 0 amide bonds. The maximum Gasteiger partial charge on any atom is 0.416 e. The molecule has 0 saturated heterocycles. The van der Waals surface area contributed by atoms with Crippen molar-refractivity contribution in [2.75, 3.05) is 18.0 Å². The number of anilines is 1. The van der Waals surface area contributed by atoms with Gasteiger partial charge in [0.15, 0.2) is 0 Å². The number of esters is 1. The lowest BCUT2D eigenvalue weighted by atomic mass is 9.99. The SMILES string of the molecule is COC(=O)CC[C@H]1CN(S(=O)(=O)c2cccc(C(F)(F)F)c2)c2cc(/C=C(\C)c3ccccc3C)ccc2O1. The van der Waals surface area contributed by atoms with Crippen LogP contribution in [0.2, 0.25) is 0 Å². The van der Waals surface area contributed by atoms with Gasteiger partial charge in [0.25, 0.3) is 10.0 Å². The highest BCUT2D eigenvalue weighted by atomic mass is 32.2. The van der Waals surface area contributed by atoms with Crippen molar-refractivity contribution in [3.63, 3.8) is 0 Å². The minimum atomic E-state index is -4.71. The smallest absolute Gasteiger partial charge is 0.416 e. The van der Waals surface area contributed by atoms with Crippen LogP contribution in [-0.2, 0) is 25.7 Å². The molecule has 3 aromatic rings. The van der Waals surface area contributed by atoms with E-state index in [1.165, 1.54) is 7.11 Å². The van der Waals surface area contributed by atoms with Crippen LogP contribution in [0.1, 0.15) is 42.0 Å². The van der Waals surface area contributed by atoms with E-state index in [-0.39, 0.29) is 30.8 Å². The van der Waals surface area contributed by atoms with Crippen LogP contribution in [0.15, 0.2) is 71.6 Å². The van der Waals surface area contributed by atoms with Gasteiger partial charge in [0.05, 0.1) is 29.8 Å². The molecule has 4 rings (SSSR count). The monoisotopic (exact) mass is 559 g/mol. The molecular formula is C29H28F3NO5S. The Morgan fingerprint density at radius 1 is 1.10 bits per heavy atom. The molecule has 0 fully saturated rings. The van der Waals surface area contributed by atoms with E-state index in [1.54, 1.807) is 18.2 Å². The molecule has 10 heteroatoms. The molecule has 0 spiro atoms. The molecule has 206 valence electrons. The summed E-state index contributed by atoms with van der Waals surface area (Å²) in [5.74, 6) is -0.235. The zero-order chi connectivity index (χ0) is 28.4. The van der Waals surface area contributed by atoms with Crippen LogP contribution < -0.4 is 9.04 Å². The number of halogens is 3. The van der Waals surface area contributed by atoms with Crippen molar-refractivity contribution in [3.8, 4) is 5.75 Å². The molecule has 0 aliphatic carbocycles. The number of aryl methyl sites for hydroxylation is 1. The second kappa shape index (κ2) is 11.1. The number of nitrogens with zero attached hydrogens (tertiary/aromatic N) is 1. The first-order chi connectivity index (χ1) is 18.4. The van der Waals surface area contributed by atoms with E-state index in [0.29, 0.717) is 11.6 Å². The normalized spacial score (nSPS) is 15.9. The largest absolute Gasteiger partial charge is 0.486 e. The van der Waals surface area contributed by atoms with Crippen molar-refractivity contribution in [2.24, 2.45) is 0 Å². The third-order valence-electron chi connectivity index (χ3n) is 6.52. The molecule has 0 unspecified atom stereocenters. The summed E-state index contributed by atoms with van der Waals surface area (Å²) in [5.41, 5.74) is 2.89. The molecular weight excluding hydrogens is 531 g/mol. The van der Waals surface area contributed by atoms with Crippen molar-refractivity contribution in [3.05, 3.63) is 89.0 Å². The van der Waals surface area contributed by atoms with Crippen LogP contribution in [-0.4, -0.2) is 34.1 Å². The number of alkyl halides is 3. The number of carbonyl (C=O) groups is 1. The number of ether oxygens (including phenoxy) is 2. The molecule has 1 aliphatic rings. The highest BCUT2D eigenvalue weighted by Gasteiger charge is 2.37. The third kappa shape index (κ3) is 6.27. The Morgan fingerprint density at radius 2 is 1.85 bits per heavy atom. The van der Waals surface area contributed by atoms with Crippen molar-refractivity contribution in [2.45, 2.75) is 43.9 Å². The van der Waals surface area contributed by atoms with Crippen molar-refractivity contribution in [1.29, 1.82) is 0 Å². The first-order valence-electron chi connectivity index (χ1n) is 12.2. The molecule has 0 N–H and O–H groups in total. The standard InChI is InChI=1S/C29H28F3NO5S/c1-19-7-4-5-10-25(19)20(2)15-21-11-13-27-26(16-21)33(18-23(38-27)12-14-28(34)37-3)39(35,36)24-9-6-8-22(17-24)29(30,31)32/h4-11,13,15-17,23H,12,14,18H2,1-3H3/b20-15+/t23-/m0/s1. The summed E-state index contributed by atoms with van der Waals surface area (Å²) in [6.07, 6.45) is -3.37. The lowest BCUT2D eigenvalue weighted by Crippen LogP contribution is -2.43. The summed E-state index contributed by atoms with van der Waals surface area (Å²) in [5, 5.41) is 0. The van der Waals surface area contributed by atoms with E-state index in [0.717, 1.165) is 39.2 Å². The van der Waals surface area contributed by atoms with Crippen molar-refractivity contribution < 1.29 is 35.9 Å². The van der Waals surface area contributed by atoms with Crippen molar-refractivity contribution >= 4 is 33.3 Å². The average molecular weight is 560 g/mol. The molecule has 0 aromatic heterocycles. The topological polar surface area (TPSA) is 72.9 Å². The fourth-order valence-electron chi connectivity index (χ4n) is 4.48. The minimum absolute atomic E-state index is 0.00953. The van der Waals surface area contributed by atoms with Gasteiger partial charge >= 0.3 is 12.1 Å². The molecule has 1 atom stereocenters. The number of rotatable bonds is 7. The first kappa shape index (κ1) is 28.2. The fourth-order valence-corrected chi connectivity index (χ4v) is 6.03. The highest BCUT2D eigenvalue weighted by molar-refractivity contribution is 7.92. The van der Waals surface area contributed by atoms with Gasteiger partial charge in [-0.3, -0.25) is 9.10 Å². The van der Waals surface area contributed by atoms with Gasteiger partial charge in [-0.15, -0.1) is 0 Å². The lowest BCUT2D eigenvalue weighted by molar-refractivity contribution is -0.141. The number of allylic oxidation sites excluding steroid dienone is 1. The number of hydrogen-bond acceptors (Lipinski definition) is 5. The van der Waals surface area contributed by atoms with Gasteiger partial charge in [-0.1, -0.05) is 42.5 Å². The van der Waals surface area contributed by atoms with Gasteiger partial charge in [0, 0.05) is 6.42 Å². The molecule has 3 aromatic carbocycles. The zero-order valence-electron chi connectivity index (χ0n) is 21.7. The van der Waals surface area contributed by atoms with E-state index in [9.17, 15) is 26.4 Å². The van der Waals surface area contributed by atoms with Crippen LogP contribution in [0.3, 0.4) is 0 Å². The van der Waals surface area contributed by atoms with E-state index >= 15 is 0 Å². The summed E-state index contributed by atoms with van der Waals surface area (Å²) in [6, 6.07) is 16.5. The summed E-state index contributed by atoms with van der Waals surface area (Å²) in [6.45, 7) is 3.75. The Labute approximate surface area is 225 Å². The maximum absolute atomic E-state index is 13.8. The van der Waals surface area contributed by atoms with Gasteiger partial charge < -0.3 is 9.47 Å². The van der Waals surface area contributed by atoms with Gasteiger partial charge in [-0.2, -0.15) is 13.2 Å². The molecule has 1 heterocycles. The predicted molar refractivity (Wildman–Crippen MR) is 143 cm³/mol. The number of benzene rings is 3. The van der Waals surface area contributed by atoms with E-state index in [4.69, 9.17) is 4.74 Å². The lowest BCUT2D eigenvalue weighted by Gasteiger charge is -2.35. The molecule has 1 aliphatic heterocycles. The van der Waals surface area contributed by atoms with Crippen LogP contribution >= 0.6 is 0 Å². The van der Waals surface area contributed by atoms with Gasteiger partial charge in [-0.25, -0.2) is 8.42 Å². The Balaban J connectivity index is 1.77. The quantitative estimate of drug-likeness (QED) is 0.245. The Bertz CT molecular complexity index is 1520. The summed E-state index contributed by atoms with van der Waals surface area (Å²) in [4.78, 5) is 11.2. The highest BCUT2D eigenvalue weighted by Crippen LogP contribution is 2.40. The van der Waals surface area contributed by atoms with Crippen molar-refractivity contribution in [1.82, 2.24) is 0 Å². The summed E-state index contributed by atoms with van der Waals surface area (Å²) in [7, 11) is -3.18. The average Bonchev–Trinajstić information content (AvgIpc) is 2.91. The number of hydrogen-bond donors (Lipinski definition) is 0. The molecule has 0 radical (unpaired) electrons. The van der Waals surface area contributed by atoms with E-state index in [2.05, 4.69) is 4.74 Å². The van der Waals surface area contributed by atoms with E-state index in [1.807, 2.05) is 44.2 Å². The number of methoxy groups -OCH3 is 1. The zero-order valence-corrected chi connectivity index (χ0v) is 22.5. The fraction of sp³-hybridized carbons (Fsp3) is 0.276. The Morgan fingerprint density at radius 3 is 2.54 bits per heavy atom. The molecule has 39 heavy (non-hydrogen) atoms. The van der Waals surface area contributed by atoms with Crippen LogP contribution in [0, 0.1) is 6.92 Å². The summed E-state index contributed by atoms with van der Waals surface area (Å²) >= 11 is 0. The second-order valence-electron chi connectivity index (χ2n) is 9.29. The predicted octanol–water partition coefficient (Wildman–Crippen LogP) is 6.48. The van der Waals surface area contributed by atoms with Gasteiger partial charge in [-0.05, 0) is 72.9 Å². The second-order valence-corrected chi connectivity index (χ2v) is 11.1. The molecule has 0 bridgehead atoms. The van der Waals surface area contributed by atoms with Crippen LogP contribution in [0.4, 0.5) is 18.9 Å². The molecule has 6 nitrogen and oxygen atoms in total.